The average molecular weight is 560 g/mol. The molecule has 11 heteroatoms. The Labute approximate surface area is 238 Å². The molecule has 0 radical (unpaired) electrons. The van der Waals surface area contributed by atoms with E-state index in [0.717, 1.165) is 5.56 Å². The smallest absolute Gasteiger partial charge is 0.457 e. The molecule has 10 nitrogen and oxygen atoms in total. The fraction of sp³-hybridized carbons (Fsp3) is 0.690. The molecule has 2 fully saturated rings. The van der Waals surface area contributed by atoms with E-state index in [1.54, 1.807) is 27.7 Å². The number of ether oxygens (including phenoxy) is 2. The number of esters is 1. The highest BCUT2D eigenvalue weighted by molar-refractivity contribution is 6.45. The number of carbonyl (C=O) groups excluding carboxylic acids is 3. The number of alkyl carbamates (subject to hydrolysis) is 1. The SMILES string of the molecule is C[C@H](NC(=O)OC(C)(C)C)C(=O)N1C[C@H](CCCB2OC(C)(C)C(C)(C)O2)[C@](N)(C(=O)OCc2ccccc2)C1. The van der Waals surface area contributed by atoms with Crippen molar-refractivity contribution in [3.63, 3.8) is 0 Å². The molecule has 0 spiro atoms. The molecule has 3 atom stereocenters. The van der Waals surface area contributed by atoms with E-state index in [1.165, 1.54) is 4.90 Å². The highest BCUT2D eigenvalue weighted by Crippen LogP contribution is 2.39. The van der Waals surface area contributed by atoms with Gasteiger partial charge in [0.1, 0.15) is 23.8 Å². The number of amides is 2. The van der Waals surface area contributed by atoms with Crippen molar-refractivity contribution >= 4 is 25.1 Å². The van der Waals surface area contributed by atoms with Crippen LogP contribution < -0.4 is 11.1 Å². The van der Waals surface area contributed by atoms with Crippen LogP contribution in [0.4, 0.5) is 4.79 Å². The van der Waals surface area contributed by atoms with Crippen LogP contribution in [0.1, 0.15) is 73.8 Å². The molecule has 3 N–H and O–H groups in total. The van der Waals surface area contributed by atoms with Crippen molar-refractivity contribution in [1.82, 2.24) is 10.2 Å². The molecule has 40 heavy (non-hydrogen) atoms. The lowest BCUT2D eigenvalue weighted by molar-refractivity contribution is -0.152. The van der Waals surface area contributed by atoms with Gasteiger partial charge in [0.15, 0.2) is 0 Å². The predicted molar refractivity (Wildman–Crippen MR) is 152 cm³/mol. The average Bonchev–Trinajstić information content (AvgIpc) is 3.28. The van der Waals surface area contributed by atoms with Gasteiger partial charge in [-0.3, -0.25) is 4.79 Å². The number of hydrogen-bond acceptors (Lipinski definition) is 8. The largest absolute Gasteiger partial charge is 0.459 e. The summed E-state index contributed by atoms with van der Waals surface area (Å²) >= 11 is 0. The summed E-state index contributed by atoms with van der Waals surface area (Å²) in [7, 11) is -0.362. The molecule has 0 saturated carbocycles. The van der Waals surface area contributed by atoms with Crippen LogP contribution in [0.25, 0.3) is 0 Å². The van der Waals surface area contributed by atoms with E-state index in [1.807, 2.05) is 58.0 Å². The third kappa shape index (κ3) is 7.76. The molecule has 0 aromatic heterocycles. The summed E-state index contributed by atoms with van der Waals surface area (Å²) < 4.78 is 23.2. The molecule has 1 aromatic rings. The molecule has 2 heterocycles. The lowest BCUT2D eigenvalue weighted by Crippen LogP contribution is -2.56. The van der Waals surface area contributed by atoms with Crippen molar-refractivity contribution in [3.05, 3.63) is 35.9 Å². The topological polar surface area (TPSA) is 129 Å². The van der Waals surface area contributed by atoms with Crippen molar-refractivity contribution in [1.29, 1.82) is 0 Å². The van der Waals surface area contributed by atoms with Gasteiger partial charge < -0.3 is 34.7 Å². The highest BCUT2D eigenvalue weighted by atomic mass is 16.7. The lowest BCUT2D eigenvalue weighted by Gasteiger charge is -2.32. The van der Waals surface area contributed by atoms with E-state index >= 15 is 0 Å². The van der Waals surface area contributed by atoms with Gasteiger partial charge in [0, 0.05) is 19.0 Å². The molecule has 2 aliphatic heterocycles. The number of nitrogens with one attached hydrogen (secondary N) is 1. The highest BCUT2D eigenvalue weighted by Gasteiger charge is 2.53. The molecule has 3 rings (SSSR count). The van der Waals surface area contributed by atoms with Gasteiger partial charge in [-0.25, -0.2) is 9.59 Å². The molecule has 0 bridgehead atoms. The van der Waals surface area contributed by atoms with Gasteiger partial charge in [0.05, 0.1) is 11.2 Å². The minimum absolute atomic E-state index is 0.0129. The van der Waals surface area contributed by atoms with Crippen LogP contribution in [0.3, 0.4) is 0 Å². The summed E-state index contributed by atoms with van der Waals surface area (Å²) in [6.45, 7) is 15.2. The van der Waals surface area contributed by atoms with Crippen molar-refractivity contribution in [2.24, 2.45) is 11.7 Å². The van der Waals surface area contributed by atoms with E-state index in [0.29, 0.717) is 19.2 Å². The maximum Gasteiger partial charge on any atom is 0.457 e. The number of carbonyl (C=O) groups is 3. The molecule has 2 saturated heterocycles. The summed E-state index contributed by atoms with van der Waals surface area (Å²) in [4.78, 5) is 40.5. The van der Waals surface area contributed by atoms with E-state index in [9.17, 15) is 14.4 Å². The Morgan fingerprint density at radius 3 is 2.30 bits per heavy atom. The quantitative estimate of drug-likeness (QED) is 0.346. The molecular weight excluding hydrogens is 513 g/mol. The second-order valence-electron chi connectivity index (χ2n) is 13.0. The number of nitrogens with two attached hydrogens (primary N) is 1. The first-order valence-electron chi connectivity index (χ1n) is 14.1. The molecule has 0 aliphatic carbocycles. The molecule has 1 aromatic carbocycles. The van der Waals surface area contributed by atoms with Crippen molar-refractivity contribution < 1.29 is 33.2 Å². The monoisotopic (exact) mass is 559 g/mol. The van der Waals surface area contributed by atoms with Crippen LogP contribution in [0.15, 0.2) is 30.3 Å². The third-order valence-corrected chi connectivity index (χ3v) is 7.92. The van der Waals surface area contributed by atoms with Gasteiger partial charge in [-0.2, -0.15) is 0 Å². The van der Waals surface area contributed by atoms with E-state index in [-0.39, 0.29) is 38.6 Å². The summed E-state index contributed by atoms with van der Waals surface area (Å²) in [5.74, 6) is -1.25. The van der Waals surface area contributed by atoms with Crippen molar-refractivity contribution in [3.8, 4) is 0 Å². The fourth-order valence-electron chi connectivity index (χ4n) is 4.98. The van der Waals surface area contributed by atoms with Gasteiger partial charge in [-0.05, 0) is 73.7 Å². The van der Waals surface area contributed by atoms with Crippen LogP contribution in [-0.2, 0) is 35.0 Å². The van der Waals surface area contributed by atoms with Gasteiger partial charge in [-0.1, -0.05) is 36.8 Å². The fourth-order valence-corrected chi connectivity index (χ4v) is 4.98. The summed E-state index contributed by atoms with van der Waals surface area (Å²) in [5, 5.41) is 2.58. The van der Waals surface area contributed by atoms with Gasteiger partial charge in [0.25, 0.3) is 0 Å². The first-order valence-corrected chi connectivity index (χ1v) is 14.1. The Bertz CT molecular complexity index is 1040. The van der Waals surface area contributed by atoms with Crippen molar-refractivity contribution in [2.45, 2.75) is 110 Å². The third-order valence-electron chi connectivity index (χ3n) is 7.92. The summed E-state index contributed by atoms with van der Waals surface area (Å²) in [5.41, 5.74) is 4.66. The lowest BCUT2D eigenvalue weighted by atomic mass is 9.78. The molecule has 2 amide bonds. The second kappa shape index (κ2) is 12.1. The van der Waals surface area contributed by atoms with Gasteiger partial charge >= 0.3 is 19.2 Å². The van der Waals surface area contributed by atoms with Gasteiger partial charge in [-0.15, -0.1) is 0 Å². The van der Waals surface area contributed by atoms with Crippen molar-refractivity contribution in [2.75, 3.05) is 13.1 Å². The first kappa shape index (κ1) is 31.9. The minimum Gasteiger partial charge on any atom is -0.459 e. The number of nitrogens with zero attached hydrogens (tertiary/aromatic N) is 1. The Morgan fingerprint density at radius 1 is 1.12 bits per heavy atom. The van der Waals surface area contributed by atoms with Crippen LogP contribution in [0.2, 0.25) is 6.32 Å². The Balaban J connectivity index is 1.68. The summed E-state index contributed by atoms with van der Waals surface area (Å²) in [6, 6.07) is 8.51. The van der Waals surface area contributed by atoms with Crippen LogP contribution in [0.5, 0.6) is 0 Å². The maximum atomic E-state index is 13.4. The first-order chi connectivity index (χ1) is 18.4. The number of rotatable bonds is 9. The molecule has 0 unspecified atom stereocenters. The predicted octanol–water partition coefficient (Wildman–Crippen LogP) is 3.67. The second-order valence-corrected chi connectivity index (χ2v) is 13.0. The maximum absolute atomic E-state index is 13.4. The standard InChI is InChI=1S/C29H46BN3O7/c1-20(32-25(36)38-26(2,3)4)23(34)33-17-22(15-12-16-30-39-27(5,6)28(7,8)40-30)29(31,19-33)24(35)37-18-21-13-10-9-11-14-21/h9-11,13-14,20,22H,12,15-19,31H2,1-8H3,(H,32,36)/t20-,22-,29-/m0/s1. The zero-order valence-electron chi connectivity index (χ0n) is 25.2. The van der Waals surface area contributed by atoms with Crippen LogP contribution in [-0.4, -0.2) is 71.5 Å². The van der Waals surface area contributed by atoms with E-state index in [4.69, 9.17) is 24.5 Å². The normalized spacial score (nSPS) is 24.5. The Morgan fingerprint density at radius 2 is 1.73 bits per heavy atom. The number of likely N-dealkylation sites (tertiary alicyclic amines) is 1. The zero-order valence-corrected chi connectivity index (χ0v) is 25.2. The van der Waals surface area contributed by atoms with E-state index < -0.39 is 40.4 Å². The Kier molecular flexibility index (Phi) is 9.64. The zero-order chi connectivity index (χ0) is 29.9. The van der Waals surface area contributed by atoms with Crippen LogP contribution >= 0.6 is 0 Å². The molecular formula is C29H46BN3O7. The number of hydrogen-bond donors (Lipinski definition) is 2. The number of benzene rings is 1. The van der Waals surface area contributed by atoms with Crippen LogP contribution in [0, 0.1) is 5.92 Å². The van der Waals surface area contributed by atoms with E-state index in [2.05, 4.69) is 5.32 Å². The Hall–Kier alpha value is -2.63. The summed E-state index contributed by atoms with van der Waals surface area (Å²) in [6.07, 6.45) is 1.19. The molecule has 2 aliphatic rings. The minimum atomic E-state index is -1.40. The van der Waals surface area contributed by atoms with Gasteiger partial charge in [0.2, 0.25) is 5.91 Å². The molecule has 222 valence electrons.